The van der Waals surface area contributed by atoms with E-state index in [1.165, 1.54) is 77.9 Å². The zero-order chi connectivity index (χ0) is 96.9. The van der Waals surface area contributed by atoms with Crippen LogP contribution in [0.3, 0.4) is 0 Å². The van der Waals surface area contributed by atoms with Gasteiger partial charge in [0.25, 0.3) is 0 Å². The number of aliphatic hydroxyl groups is 12. The fraction of sp³-hybridized carbons (Fsp3) is 0.559. The van der Waals surface area contributed by atoms with Gasteiger partial charge in [-0.2, -0.15) is 0 Å². The number of ether oxygens (including phenoxy) is 8. The summed E-state index contributed by atoms with van der Waals surface area (Å²) in [6, 6.07) is 33.5. The predicted octanol–water partition coefficient (Wildman–Crippen LogP) is 8.15. The molecule has 4 aliphatic heterocycles. The highest BCUT2D eigenvalue weighted by Crippen LogP contribution is 2.44. The van der Waals surface area contributed by atoms with Gasteiger partial charge in [0, 0.05) is 5.56 Å². The number of benzene rings is 4. The van der Waals surface area contributed by atoms with Gasteiger partial charge in [0.1, 0.15) is 121 Å². The number of aliphatic hydroxyl groups excluding tert-OH is 12. The number of Topliss-reactive ketones (excluding diaryl/α,β-unsaturated/α-hetero) is 1. The maximum Gasteiger partial charge on any atom is 0.165 e. The lowest BCUT2D eigenvalue weighted by atomic mass is 9.87. The number of fused-ring (bicyclic) bond motifs is 4. The lowest BCUT2D eigenvalue weighted by Crippen LogP contribution is -2.33. The molecule has 12 heterocycles. The molecule has 9 aliphatic rings. The van der Waals surface area contributed by atoms with Crippen LogP contribution in [-0.4, -0.2) is 269 Å². The molecule has 8 aromatic heterocycles. The van der Waals surface area contributed by atoms with Gasteiger partial charge in [-0.25, -0.2) is 59.8 Å². The summed E-state index contributed by atoms with van der Waals surface area (Å²) in [6.45, 7) is 11.0. The number of carbonyl (C=O) groups is 1. The van der Waals surface area contributed by atoms with Gasteiger partial charge in [0.15, 0.2) is 53.3 Å². The molecule has 5 aliphatic carbocycles. The number of nitrogens with zero attached hydrogens (tertiary/aromatic N) is 16. The topological polar surface area (TPSA) is 508 Å². The summed E-state index contributed by atoms with van der Waals surface area (Å²) in [6.07, 6.45) is 14.5. The van der Waals surface area contributed by atoms with Crippen molar-refractivity contribution in [1.29, 1.82) is 0 Å². The van der Waals surface area contributed by atoms with E-state index in [0.29, 0.717) is 101 Å². The van der Waals surface area contributed by atoms with Crippen LogP contribution in [0.2, 0.25) is 0 Å². The van der Waals surface area contributed by atoms with Crippen LogP contribution in [0.25, 0.3) is 44.7 Å². The fourth-order valence-corrected chi connectivity index (χ4v) is 20.9. The van der Waals surface area contributed by atoms with Gasteiger partial charge in [-0.3, -0.25) is 23.1 Å². The molecule has 24 atom stereocenters. The molecule has 0 bridgehead atoms. The number of ketones is 1. The van der Waals surface area contributed by atoms with Gasteiger partial charge in [-0.1, -0.05) is 149 Å². The molecule has 9 fully saturated rings. The minimum absolute atomic E-state index is 0.0466. The van der Waals surface area contributed by atoms with Gasteiger partial charge < -0.3 is 99.2 Å². The zero-order valence-corrected chi connectivity index (χ0v) is 78.9. The Bertz CT molecular complexity index is 6070. The molecule has 4 saturated heterocycles. The summed E-state index contributed by atoms with van der Waals surface area (Å²) in [5, 5.41) is 120. The first-order valence-electron chi connectivity index (χ1n) is 48.8. The lowest BCUT2D eigenvalue weighted by Gasteiger charge is -2.21. The average molecular weight is 1910 g/mol. The molecule has 37 nitrogen and oxygen atoms in total. The van der Waals surface area contributed by atoms with Crippen molar-refractivity contribution >= 4 is 50.4 Å². The highest BCUT2D eigenvalue weighted by molar-refractivity contribution is 5.94. The Morgan fingerprint density at radius 3 is 0.863 bits per heavy atom. The fourth-order valence-electron chi connectivity index (χ4n) is 20.9. The molecule has 4 unspecified atom stereocenters. The van der Waals surface area contributed by atoms with E-state index in [1.54, 1.807) is 44.2 Å². The number of imidazole rings is 4. The van der Waals surface area contributed by atoms with Gasteiger partial charge in [0.2, 0.25) is 0 Å². The second kappa shape index (κ2) is 44.2. The Kier molecular flexibility index (Phi) is 31.5. The molecule has 21 rings (SSSR count). The van der Waals surface area contributed by atoms with Crippen LogP contribution in [0.4, 0.5) is 0 Å². The molecule has 0 amide bonds. The Morgan fingerprint density at radius 2 is 0.612 bits per heavy atom. The number of aryl methyl sites for hydroxylation is 1. The monoisotopic (exact) mass is 1910 g/mol. The SMILES string of the molecule is CC(=O)c1ccc(CO[C@@H]2CCCC2Cc2ncnc3c2ncn3[C@@H]2O[C@H](CO)[C@@H](O)[C@H]2O)cc1.CC(C)(C)c1ccc(CO[C@@H]2CCCC2Cc2ncnc3c2ncn3[C@@H]2O[C@H](CO)[C@@H](O)[C@H]2O)cc1.Cc1ccc(CO[C@@H]2CCCC2Cc2ncnc3c2ncn3[C@@H]2O[C@H](CO)[C@@H](O)[C@H]2O)cc1.OC[C@H]1O[C@@H](n2cnc3c(CC4CCC[C@H]4OCc4ccc(C5CC5)cc4)ncnc32)[C@H](O)[C@@H]1O. The summed E-state index contributed by atoms with van der Waals surface area (Å²) >= 11 is 0. The third kappa shape index (κ3) is 22.1. The normalized spacial score (nSPS) is 29.6. The second-order valence-electron chi connectivity index (χ2n) is 39.7. The van der Waals surface area contributed by atoms with E-state index < -0.39 is 105 Å². The third-order valence-electron chi connectivity index (χ3n) is 29.3. The molecule has 12 aromatic rings. The first kappa shape index (κ1) is 99.1. The van der Waals surface area contributed by atoms with Crippen LogP contribution in [0.15, 0.2) is 148 Å². The molecular weight excluding hydrogens is 1790 g/mol. The van der Waals surface area contributed by atoms with Crippen molar-refractivity contribution in [3.05, 3.63) is 215 Å². The summed E-state index contributed by atoms with van der Waals surface area (Å²) in [7, 11) is 0. The van der Waals surface area contributed by atoms with Crippen molar-refractivity contribution in [2.45, 2.75) is 311 Å². The first-order valence-corrected chi connectivity index (χ1v) is 48.8. The van der Waals surface area contributed by atoms with Crippen LogP contribution in [0.5, 0.6) is 0 Å². The molecule has 139 heavy (non-hydrogen) atoms. The third-order valence-corrected chi connectivity index (χ3v) is 29.3. The quantitative estimate of drug-likeness (QED) is 0.0189. The van der Waals surface area contributed by atoms with Crippen LogP contribution in [0.1, 0.15) is 220 Å². The van der Waals surface area contributed by atoms with Gasteiger partial charge in [-0.05, 0) is 172 Å². The van der Waals surface area contributed by atoms with Crippen molar-refractivity contribution in [3.8, 4) is 0 Å². The molecule has 0 radical (unpaired) electrons. The first-order chi connectivity index (χ1) is 67.4. The molecule has 0 spiro atoms. The number of hydrogen-bond acceptors (Lipinski definition) is 33. The Balaban J connectivity index is 0.000000123. The van der Waals surface area contributed by atoms with E-state index in [9.17, 15) is 66.1 Å². The molecule has 37 heteroatoms. The maximum absolute atomic E-state index is 11.5. The Morgan fingerprint density at radius 1 is 0.345 bits per heavy atom. The number of rotatable bonds is 30. The van der Waals surface area contributed by atoms with Gasteiger partial charge >= 0.3 is 0 Å². The van der Waals surface area contributed by atoms with Crippen LogP contribution in [-0.2, 0) is 95.4 Å². The van der Waals surface area contributed by atoms with Crippen LogP contribution < -0.4 is 0 Å². The number of aromatic nitrogens is 16. The van der Waals surface area contributed by atoms with Crippen LogP contribution in [0, 0.1) is 30.6 Å². The molecule has 5 saturated carbocycles. The van der Waals surface area contributed by atoms with E-state index in [-0.39, 0.29) is 61.4 Å². The number of hydrogen-bond donors (Lipinski definition) is 12. The lowest BCUT2D eigenvalue weighted by molar-refractivity contribution is -0.0511. The maximum atomic E-state index is 11.5. The summed E-state index contributed by atoms with van der Waals surface area (Å²) in [5.74, 6) is 2.11. The summed E-state index contributed by atoms with van der Waals surface area (Å²) in [4.78, 5) is 65.0. The number of carbonyl (C=O) groups excluding carboxylic acids is 1. The van der Waals surface area contributed by atoms with Crippen molar-refractivity contribution < 1.29 is 104 Å². The van der Waals surface area contributed by atoms with E-state index in [4.69, 9.17) is 37.9 Å². The minimum atomic E-state index is -1.21. The zero-order valence-electron chi connectivity index (χ0n) is 78.9. The van der Waals surface area contributed by atoms with E-state index in [1.807, 2.05) is 24.3 Å². The van der Waals surface area contributed by atoms with E-state index >= 15 is 0 Å². The highest BCUT2D eigenvalue weighted by atomic mass is 16.6. The Hall–Kier alpha value is -10.1. The standard InChI is InChI=1S/C27H36N4O5.C26H32N4O5.C25H30N4O6.C24H30N4O5/c1-27(2,3)18-9-7-16(8-10-18)13-35-20-6-4-5-17(20)11-19-22-25(29-14-28-19)31(15-30-22)26-24(34)23(33)21(12-32)36-26;31-11-21-23(32)24(33)26(35-21)30-14-29-22-19(27-13-28-25(22)30)10-18-2-1-3-20(18)34-12-15-4-6-16(7-5-15)17-8-9-17;1-14(31)16-7-5-15(6-8-16)11-34-19-4-2-3-17(19)9-18-21-24(27-12-26-18)29(13-28-21)25-23(33)22(32)20(10-30)35-25;1-14-5-7-15(8-6-14)11-32-18-4-2-3-16(18)9-17-20-23(26-12-25-17)28(13-27-20)24-22(31)21(30)19(10-29)33-24/h7-10,14-15,17,20-21,23-24,26,32-34H,4-6,11-13H2,1-3H3;4-7,13-14,17-18,20-21,23-24,26,31-33H,1-3,8-12H2;5-8,12-13,17,19-20,22-23,25,30,32-33H,2-4,9-11H2,1H3;5-8,12-13,16,18-19,21-22,24,29-31H,2-4,9-11H2,1H3/t17?,20-,21-,23-,24-,26-;18?,20-,21-,23-,24-,26-;17?,19-,20-,22-,23-,25-;16?,18-,19-,21-,22-,24-/m1111/s1. The molecule has 742 valence electrons. The predicted molar refractivity (Wildman–Crippen MR) is 503 cm³/mol. The minimum Gasteiger partial charge on any atom is -0.394 e. The highest BCUT2D eigenvalue weighted by Gasteiger charge is 2.49. The largest absolute Gasteiger partial charge is 0.394 e. The Labute approximate surface area is 804 Å². The molecule has 12 N–H and O–H groups in total. The van der Waals surface area contributed by atoms with E-state index in [0.717, 1.165) is 131 Å². The van der Waals surface area contributed by atoms with Gasteiger partial charge in [-0.15, -0.1) is 0 Å². The second-order valence-corrected chi connectivity index (χ2v) is 39.7. The van der Waals surface area contributed by atoms with Crippen molar-refractivity contribution in [3.63, 3.8) is 0 Å². The molecular formula is C102H128N16O21. The van der Waals surface area contributed by atoms with Gasteiger partial charge in [0.05, 0.1) is 125 Å². The smallest absolute Gasteiger partial charge is 0.165 e. The van der Waals surface area contributed by atoms with Crippen molar-refractivity contribution in [2.24, 2.45) is 23.7 Å². The van der Waals surface area contributed by atoms with Crippen LogP contribution >= 0.6 is 0 Å². The van der Waals surface area contributed by atoms with Crippen molar-refractivity contribution in [1.82, 2.24) is 78.1 Å². The summed E-state index contributed by atoms with van der Waals surface area (Å²) < 4.78 is 54.3. The molecule has 4 aromatic carbocycles. The van der Waals surface area contributed by atoms with Crippen molar-refractivity contribution in [2.75, 3.05) is 26.4 Å². The average Bonchev–Trinajstić information content (AvgIpc) is 1.63. The summed E-state index contributed by atoms with van der Waals surface area (Å²) in [5.41, 5.74) is 17.4. The van der Waals surface area contributed by atoms with E-state index in [2.05, 4.69) is 160 Å².